The van der Waals surface area contributed by atoms with Crippen LogP contribution >= 0.6 is 11.6 Å². The Morgan fingerprint density at radius 1 is 1.08 bits per heavy atom. The third-order valence-electron chi connectivity index (χ3n) is 5.66. The number of carbonyl (C=O) groups excluding carboxylic acids is 2. The number of nitrogens with zero attached hydrogens (tertiary/aromatic N) is 3. The summed E-state index contributed by atoms with van der Waals surface area (Å²) in [5.74, 6) is 1.40. The molecular formula is C27H27ClN4O5. The molecule has 2 aromatic heterocycles. The summed E-state index contributed by atoms with van der Waals surface area (Å²) in [5.41, 5.74) is 2.14. The van der Waals surface area contributed by atoms with Crippen LogP contribution in [-0.4, -0.2) is 47.0 Å². The van der Waals surface area contributed by atoms with Gasteiger partial charge in [-0.1, -0.05) is 30.7 Å². The number of nitrogens with one attached hydrogen (secondary N) is 1. The van der Waals surface area contributed by atoms with Gasteiger partial charge in [0.15, 0.2) is 11.5 Å². The number of hydrogen-bond donors (Lipinski definition) is 1. The Bertz CT molecular complexity index is 1370. The van der Waals surface area contributed by atoms with Gasteiger partial charge in [-0.2, -0.15) is 0 Å². The highest BCUT2D eigenvalue weighted by atomic mass is 35.5. The number of methoxy groups -OCH3 is 2. The van der Waals surface area contributed by atoms with E-state index >= 15 is 0 Å². The molecule has 9 nitrogen and oxygen atoms in total. The van der Waals surface area contributed by atoms with Crippen LogP contribution in [0.1, 0.15) is 19.1 Å². The van der Waals surface area contributed by atoms with Gasteiger partial charge in [0.05, 0.1) is 38.4 Å². The summed E-state index contributed by atoms with van der Waals surface area (Å²) in [6.07, 6.45) is 3.59. The molecule has 2 heterocycles. The molecule has 0 atom stereocenters. The fourth-order valence-corrected chi connectivity index (χ4v) is 3.91. The van der Waals surface area contributed by atoms with Crippen molar-refractivity contribution in [1.29, 1.82) is 0 Å². The molecular weight excluding hydrogens is 496 g/mol. The van der Waals surface area contributed by atoms with Crippen molar-refractivity contribution in [2.45, 2.75) is 19.9 Å². The molecule has 2 amide bonds. The van der Waals surface area contributed by atoms with Crippen molar-refractivity contribution in [1.82, 2.24) is 14.5 Å². The SMILES string of the molecule is CCC(=O)N(CC(=O)Nc1nc(-c2ccc(Cl)cc2)cn1-c1ccc(OC)c(OC)c1)Cc1ccco1. The standard InChI is InChI=1S/C27H27ClN4O5/c1-4-26(34)31(15-21-6-5-13-37-21)17-25(33)30-27-29-22(18-7-9-19(28)10-8-18)16-32(27)20-11-12-23(35-2)24(14-20)36-3/h5-14,16H,4,15,17H2,1-3H3,(H,29,30,33). The highest BCUT2D eigenvalue weighted by Crippen LogP contribution is 2.32. The second kappa shape index (κ2) is 11.7. The monoisotopic (exact) mass is 522 g/mol. The van der Waals surface area contributed by atoms with E-state index < -0.39 is 5.91 Å². The molecule has 0 unspecified atom stereocenters. The van der Waals surface area contributed by atoms with Gasteiger partial charge >= 0.3 is 0 Å². The topological polar surface area (TPSA) is 98.8 Å². The molecule has 0 fully saturated rings. The Hall–Kier alpha value is -4.24. The predicted molar refractivity (Wildman–Crippen MR) is 140 cm³/mol. The molecule has 37 heavy (non-hydrogen) atoms. The summed E-state index contributed by atoms with van der Waals surface area (Å²) in [6.45, 7) is 1.77. The lowest BCUT2D eigenvalue weighted by atomic mass is 10.2. The van der Waals surface area contributed by atoms with Crippen LogP contribution in [0.4, 0.5) is 5.95 Å². The fraction of sp³-hybridized carbons (Fsp3) is 0.222. The Kier molecular flexibility index (Phi) is 8.15. The lowest BCUT2D eigenvalue weighted by molar-refractivity contribution is -0.135. The third-order valence-corrected chi connectivity index (χ3v) is 5.91. The van der Waals surface area contributed by atoms with E-state index in [2.05, 4.69) is 10.3 Å². The Morgan fingerprint density at radius 3 is 2.49 bits per heavy atom. The third kappa shape index (κ3) is 6.13. The number of halogens is 1. The van der Waals surface area contributed by atoms with Crippen LogP contribution in [0.5, 0.6) is 11.5 Å². The van der Waals surface area contributed by atoms with Gasteiger partial charge in [0.2, 0.25) is 17.8 Å². The van der Waals surface area contributed by atoms with E-state index in [0.717, 1.165) is 5.56 Å². The quantitative estimate of drug-likeness (QED) is 0.308. The number of ether oxygens (including phenoxy) is 2. The summed E-state index contributed by atoms with van der Waals surface area (Å²) in [6, 6.07) is 16.1. The number of imidazole rings is 1. The summed E-state index contributed by atoms with van der Waals surface area (Å²) in [7, 11) is 3.11. The van der Waals surface area contributed by atoms with Gasteiger partial charge in [0, 0.05) is 29.3 Å². The summed E-state index contributed by atoms with van der Waals surface area (Å²) in [5, 5.41) is 3.46. The molecule has 0 saturated heterocycles. The number of aromatic nitrogens is 2. The molecule has 0 aliphatic carbocycles. The van der Waals surface area contributed by atoms with Crippen molar-refractivity contribution in [2.75, 3.05) is 26.1 Å². The molecule has 0 spiro atoms. The second-order valence-electron chi connectivity index (χ2n) is 8.10. The first-order valence-corrected chi connectivity index (χ1v) is 12.0. The van der Waals surface area contributed by atoms with Crippen molar-refractivity contribution in [3.63, 3.8) is 0 Å². The highest BCUT2D eigenvalue weighted by Gasteiger charge is 2.20. The van der Waals surface area contributed by atoms with Gasteiger partial charge in [-0.3, -0.25) is 19.5 Å². The minimum atomic E-state index is -0.400. The molecule has 4 rings (SSSR count). The zero-order valence-corrected chi connectivity index (χ0v) is 21.5. The zero-order valence-electron chi connectivity index (χ0n) is 20.7. The largest absolute Gasteiger partial charge is 0.493 e. The first-order valence-electron chi connectivity index (χ1n) is 11.6. The molecule has 0 radical (unpaired) electrons. The first kappa shape index (κ1) is 25.8. The average molecular weight is 523 g/mol. The van der Waals surface area contributed by atoms with Crippen molar-refractivity contribution in [3.8, 4) is 28.4 Å². The first-order chi connectivity index (χ1) is 17.9. The number of hydrogen-bond acceptors (Lipinski definition) is 6. The summed E-state index contributed by atoms with van der Waals surface area (Å²) >= 11 is 6.05. The van der Waals surface area contributed by atoms with Crippen molar-refractivity contribution in [2.24, 2.45) is 0 Å². The van der Waals surface area contributed by atoms with Gasteiger partial charge in [0.25, 0.3) is 0 Å². The van der Waals surface area contributed by atoms with Crippen LogP contribution in [0.3, 0.4) is 0 Å². The van der Waals surface area contributed by atoms with E-state index in [1.54, 1.807) is 68.3 Å². The molecule has 4 aromatic rings. The minimum absolute atomic E-state index is 0.164. The van der Waals surface area contributed by atoms with Crippen LogP contribution in [-0.2, 0) is 16.1 Å². The van der Waals surface area contributed by atoms with Crippen LogP contribution < -0.4 is 14.8 Å². The molecule has 192 valence electrons. The molecule has 2 aromatic carbocycles. The minimum Gasteiger partial charge on any atom is -0.493 e. The highest BCUT2D eigenvalue weighted by molar-refractivity contribution is 6.30. The molecule has 10 heteroatoms. The Morgan fingerprint density at radius 2 is 1.84 bits per heavy atom. The summed E-state index contributed by atoms with van der Waals surface area (Å²) in [4.78, 5) is 31.7. The lowest BCUT2D eigenvalue weighted by Gasteiger charge is -2.20. The fourth-order valence-electron chi connectivity index (χ4n) is 3.78. The number of furan rings is 1. The van der Waals surface area contributed by atoms with Crippen molar-refractivity contribution >= 4 is 29.4 Å². The van der Waals surface area contributed by atoms with E-state index in [1.165, 1.54) is 11.2 Å². The smallest absolute Gasteiger partial charge is 0.246 e. The van der Waals surface area contributed by atoms with Gasteiger partial charge < -0.3 is 18.8 Å². The van der Waals surface area contributed by atoms with E-state index in [9.17, 15) is 9.59 Å². The lowest BCUT2D eigenvalue weighted by Crippen LogP contribution is -2.37. The number of rotatable bonds is 10. The van der Waals surface area contributed by atoms with Crippen molar-refractivity contribution in [3.05, 3.63) is 77.8 Å². The maximum Gasteiger partial charge on any atom is 0.246 e. The molecule has 0 aliphatic rings. The van der Waals surface area contributed by atoms with Gasteiger partial charge in [-0.05, 0) is 36.4 Å². The normalized spacial score (nSPS) is 10.7. The maximum atomic E-state index is 13.1. The van der Waals surface area contributed by atoms with Gasteiger partial charge in [0.1, 0.15) is 12.3 Å². The number of amides is 2. The van der Waals surface area contributed by atoms with E-state index in [0.29, 0.717) is 33.7 Å². The average Bonchev–Trinajstić information content (AvgIpc) is 3.58. The van der Waals surface area contributed by atoms with E-state index in [1.807, 2.05) is 18.2 Å². The van der Waals surface area contributed by atoms with Crippen LogP contribution in [0, 0.1) is 0 Å². The van der Waals surface area contributed by atoms with E-state index in [4.69, 9.17) is 25.5 Å². The summed E-state index contributed by atoms with van der Waals surface area (Å²) < 4.78 is 17.9. The number of anilines is 1. The second-order valence-corrected chi connectivity index (χ2v) is 8.53. The van der Waals surface area contributed by atoms with Crippen LogP contribution in [0.25, 0.3) is 16.9 Å². The van der Waals surface area contributed by atoms with E-state index in [-0.39, 0.29) is 31.4 Å². The van der Waals surface area contributed by atoms with Gasteiger partial charge in [-0.25, -0.2) is 4.98 Å². The van der Waals surface area contributed by atoms with Crippen LogP contribution in [0.15, 0.2) is 71.5 Å². The Labute approximate surface area is 219 Å². The maximum absolute atomic E-state index is 13.1. The zero-order chi connectivity index (χ0) is 26.4. The number of benzene rings is 2. The molecule has 1 N–H and O–H groups in total. The number of carbonyl (C=O) groups is 2. The van der Waals surface area contributed by atoms with Crippen LogP contribution in [0.2, 0.25) is 5.02 Å². The van der Waals surface area contributed by atoms with Crippen molar-refractivity contribution < 1.29 is 23.5 Å². The molecule has 0 saturated carbocycles. The Balaban J connectivity index is 1.66. The van der Waals surface area contributed by atoms with Gasteiger partial charge in [-0.15, -0.1) is 0 Å². The molecule has 0 bridgehead atoms. The predicted octanol–water partition coefficient (Wildman–Crippen LogP) is 5.18. The molecule has 0 aliphatic heterocycles.